The topological polar surface area (TPSA) is 32.3 Å². The Morgan fingerprint density at radius 1 is 1.42 bits per heavy atom. The van der Waals surface area contributed by atoms with Gasteiger partial charge in [-0.25, -0.2) is 0 Å². The maximum Gasteiger partial charge on any atom is 0.223 e. The van der Waals surface area contributed by atoms with Gasteiger partial charge >= 0.3 is 0 Å². The van der Waals surface area contributed by atoms with Crippen LogP contribution in [0, 0.1) is 0 Å². The molecule has 0 aliphatic carbocycles. The molecule has 3 nitrogen and oxygen atoms in total. The van der Waals surface area contributed by atoms with E-state index < -0.39 is 0 Å². The number of halogens is 2. The molecule has 1 saturated heterocycles. The van der Waals surface area contributed by atoms with Gasteiger partial charge < -0.3 is 10.2 Å². The van der Waals surface area contributed by atoms with E-state index in [1.54, 1.807) is 6.07 Å². The van der Waals surface area contributed by atoms with Gasteiger partial charge in [0.25, 0.3) is 0 Å². The van der Waals surface area contributed by atoms with E-state index in [1.807, 2.05) is 17.0 Å². The molecule has 1 amide bonds. The molecule has 1 aliphatic rings. The van der Waals surface area contributed by atoms with Crippen LogP contribution in [0.25, 0.3) is 0 Å². The summed E-state index contributed by atoms with van der Waals surface area (Å²) < 4.78 is 0. The molecule has 1 N–H and O–H groups in total. The van der Waals surface area contributed by atoms with Crippen LogP contribution >= 0.6 is 23.2 Å². The van der Waals surface area contributed by atoms with E-state index in [-0.39, 0.29) is 11.9 Å². The molecule has 1 fully saturated rings. The van der Waals surface area contributed by atoms with Crippen molar-refractivity contribution in [1.29, 1.82) is 0 Å². The first-order chi connectivity index (χ1) is 9.08. The van der Waals surface area contributed by atoms with Gasteiger partial charge in [0.2, 0.25) is 5.91 Å². The van der Waals surface area contributed by atoms with E-state index in [0.29, 0.717) is 22.9 Å². The normalized spacial score (nSPS) is 19.5. The summed E-state index contributed by atoms with van der Waals surface area (Å²) in [7, 11) is 0. The zero-order valence-electron chi connectivity index (χ0n) is 11.0. The standard InChI is InChI=1S/C14H18Cl2N2O/c1-10-9-17-6-7-18(10)14(19)5-3-11-2-4-12(15)13(16)8-11/h2,4,8,10,17H,3,5-7,9H2,1H3/t10-/m0/s1. The molecule has 0 unspecified atom stereocenters. The first-order valence-electron chi connectivity index (χ1n) is 6.52. The Kier molecular flexibility index (Phi) is 5.08. The molecular weight excluding hydrogens is 283 g/mol. The van der Waals surface area contributed by atoms with E-state index in [2.05, 4.69) is 12.2 Å². The maximum absolute atomic E-state index is 12.2. The molecule has 0 bridgehead atoms. The number of nitrogens with one attached hydrogen (secondary N) is 1. The van der Waals surface area contributed by atoms with Gasteiger partial charge in [0, 0.05) is 32.1 Å². The SMILES string of the molecule is C[C@H]1CNCCN1C(=O)CCc1ccc(Cl)c(Cl)c1. The Bertz CT molecular complexity index is 465. The molecule has 0 saturated carbocycles. The summed E-state index contributed by atoms with van der Waals surface area (Å²) in [6.07, 6.45) is 1.22. The van der Waals surface area contributed by atoms with Crippen LogP contribution in [0.5, 0.6) is 0 Å². The van der Waals surface area contributed by atoms with Crippen molar-refractivity contribution in [2.75, 3.05) is 19.6 Å². The molecular formula is C14H18Cl2N2O. The fraction of sp³-hybridized carbons (Fsp3) is 0.500. The second-order valence-electron chi connectivity index (χ2n) is 4.89. The highest BCUT2D eigenvalue weighted by atomic mass is 35.5. The average molecular weight is 301 g/mol. The van der Waals surface area contributed by atoms with Crippen molar-refractivity contribution in [1.82, 2.24) is 10.2 Å². The monoisotopic (exact) mass is 300 g/mol. The van der Waals surface area contributed by atoms with Crippen LogP contribution in [0.1, 0.15) is 18.9 Å². The summed E-state index contributed by atoms with van der Waals surface area (Å²) in [4.78, 5) is 14.1. The second-order valence-corrected chi connectivity index (χ2v) is 5.70. The first kappa shape index (κ1) is 14.6. The minimum atomic E-state index is 0.208. The van der Waals surface area contributed by atoms with Crippen LogP contribution < -0.4 is 5.32 Å². The largest absolute Gasteiger partial charge is 0.337 e. The molecule has 0 spiro atoms. The summed E-state index contributed by atoms with van der Waals surface area (Å²) in [5, 5.41) is 4.37. The fourth-order valence-electron chi connectivity index (χ4n) is 2.30. The van der Waals surface area contributed by atoms with Crippen molar-refractivity contribution in [2.45, 2.75) is 25.8 Å². The second kappa shape index (κ2) is 6.60. The third kappa shape index (κ3) is 3.85. The number of aryl methyl sites for hydroxylation is 1. The first-order valence-corrected chi connectivity index (χ1v) is 7.27. The lowest BCUT2D eigenvalue weighted by atomic mass is 10.1. The minimum Gasteiger partial charge on any atom is -0.337 e. The van der Waals surface area contributed by atoms with E-state index in [0.717, 1.165) is 25.2 Å². The molecule has 19 heavy (non-hydrogen) atoms. The van der Waals surface area contributed by atoms with E-state index in [4.69, 9.17) is 23.2 Å². The van der Waals surface area contributed by atoms with E-state index in [9.17, 15) is 4.79 Å². The summed E-state index contributed by atoms with van der Waals surface area (Å²) in [6.45, 7) is 4.62. The molecule has 2 rings (SSSR count). The molecule has 0 aromatic heterocycles. The quantitative estimate of drug-likeness (QED) is 0.931. The number of carbonyl (C=O) groups is 1. The van der Waals surface area contributed by atoms with E-state index in [1.165, 1.54) is 0 Å². The van der Waals surface area contributed by atoms with Crippen molar-refractivity contribution in [3.63, 3.8) is 0 Å². The minimum absolute atomic E-state index is 0.208. The Hall–Kier alpha value is -0.770. The van der Waals surface area contributed by atoms with E-state index >= 15 is 0 Å². The zero-order chi connectivity index (χ0) is 13.8. The predicted octanol–water partition coefficient (Wildman–Crippen LogP) is 2.75. The fourth-order valence-corrected chi connectivity index (χ4v) is 2.62. The summed E-state index contributed by atoms with van der Waals surface area (Å²) >= 11 is 11.8. The van der Waals surface area contributed by atoms with Gasteiger partial charge in [-0.15, -0.1) is 0 Å². The lowest BCUT2D eigenvalue weighted by Gasteiger charge is -2.34. The zero-order valence-corrected chi connectivity index (χ0v) is 12.5. The van der Waals surface area contributed by atoms with Gasteiger partial charge in [0.1, 0.15) is 0 Å². The van der Waals surface area contributed by atoms with Crippen molar-refractivity contribution < 1.29 is 4.79 Å². The number of carbonyl (C=O) groups excluding carboxylic acids is 1. The number of hydrogen-bond acceptors (Lipinski definition) is 2. The predicted molar refractivity (Wildman–Crippen MR) is 78.8 cm³/mol. The summed E-state index contributed by atoms with van der Waals surface area (Å²) in [6, 6.07) is 5.80. The third-order valence-electron chi connectivity index (χ3n) is 3.43. The average Bonchev–Trinajstić information content (AvgIpc) is 2.40. The summed E-state index contributed by atoms with van der Waals surface area (Å²) in [5.74, 6) is 0.208. The van der Waals surface area contributed by atoms with Crippen LogP contribution in [-0.4, -0.2) is 36.5 Å². The van der Waals surface area contributed by atoms with Gasteiger partial charge in [0.15, 0.2) is 0 Å². The van der Waals surface area contributed by atoms with Gasteiger partial charge in [-0.3, -0.25) is 4.79 Å². The molecule has 0 radical (unpaired) electrons. The van der Waals surface area contributed by atoms with Crippen molar-refractivity contribution in [2.24, 2.45) is 0 Å². The Morgan fingerprint density at radius 2 is 2.21 bits per heavy atom. The molecule has 1 aromatic rings. The third-order valence-corrected chi connectivity index (χ3v) is 4.17. The van der Waals surface area contributed by atoms with Crippen LogP contribution in [-0.2, 0) is 11.2 Å². The van der Waals surface area contributed by atoms with Gasteiger partial charge in [-0.05, 0) is 31.0 Å². The number of piperazine rings is 1. The highest BCUT2D eigenvalue weighted by Gasteiger charge is 2.22. The highest BCUT2D eigenvalue weighted by Crippen LogP contribution is 2.23. The molecule has 1 atom stereocenters. The summed E-state index contributed by atoms with van der Waals surface area (Å²) in [5.41, 5.74) is 1.05. The number of nitrogens with zero attached hydrogens (tertiary/aromatic N) is 1. The van der Waals surface area contributed by atoms with Crippen LogP contribution in [0.2, 0.25) is 10.0 Å². The van der Waals surface area contributed by atoms with Crippen LogP contribution in [0.4, 0.5) is 0 Å². The van der Waals surface area contributed by atoms with Gasteiger partial charge in [0.05, 0.1) is 10.0 Å². The molecule has 5 heteroatoms. The maximum atomic E-state index is 12.2. The lowest BCUT2D eigenvalue weighted by Crippen LogP contribution is -2.52. The molecule has 1 aliphatic heterocycles. The molecule has 1 aromatic carbocycles. The number of amides is 1. The van der Waals surface area contributed by atoms with Crippen molar-refractivity contribution in [3.8, 4) is 0 Å². The van der Waals surface area contributed by atoms with Crippen LogP contribution in [0.15, 0.2) is 18.2 Å². The Morgan fingerprint density at radius 3 is 2.89 bits per heavy atom. The highest BCUT2D eigenvalue weighted by molar-refractivity contribution is 6.42. The lowest BCUT2D eigenvalue weighted by molar-refractivity contribution is -0.133. The number of rotatable bonds is 3. The number of hydrogen-bond donors (Lipinski definition) is 1. The van der Waals surface area contributed by atoms with Crippen LogP contribution in [0.3, 0.4) is 0 Å². The molecule has 104 valence electrons. The van der Waals surface area contributed by atoms with Crippen molar-refractivity contribution in [3.05, 3.63) is 33.8 Å². The van der Waals surface area contributed by atoms with Gasteiger partial charge in [-0.1, -0.05) is 29.3 Å². The smallest absolute Gasteiger partial charge is 0.223 e. The van der Waals surface area contributed by atoms with Crippen molar-refractivity contribution >= 4 is 29.1 Å². The molecule has 1 heterocycles. The Labute approximate surface area is 123 Å². The number of benzene rings is 1. The van der Waals surface area contributed by atoms with Gasteiger partial charge in [-0.2, -0.15) is 0 Å². The Balaban J connectivity index is 1.90.